The van der Waals surface area contributed by atoms with Gasteiger partial charge in [0.1, 0.15) is 0 Å². The monoisotopic (exact) mass is 302 g/mol. The summed E-state index contributed by atoms with van der Waals surface area (Å²) in [6.45, 7) is 1.93. The number of fused-ring (bicyclic) bond motifs is 1. The minimum Gasteiger partial charge on any atom is -0.269 e. The summed E-state index contributed by atoms with van der Waals surface area (Å²) in [4.78, 5) is 17.4. The molecular formula is C15H14N2OS2. The Hall–Kier alpha value is -1.59. The summed E-state index contributed by atoms with van der Waals surface area (Å²) >= 11 is 3.29. The van der Waals surface area contributed by atoms with Gasteiger partial charge in [-0.3, -0.25) is 9.20 Å². The first-order chi connectivity index (χ1) is 9.74. The van der Waals surface area contributed by atoms with Gasteiger partial charge in [-0.15, -0.1) is 11.3 Å². The van der Waals surface area contributed by atoms with E-state index in [1.807, 2.05) is 30.5 Å². The third-order valence-electron chi connectivity index (χ3n) is 2.99. The SMILES string of the molecule is Cc1csc2nc(CSCc3ccccc3)cc(=O)n12. The molecule has 0 aliphatic heterocycles. The molecule has 0 saturated heterocycles. The van der Waals surface area contributed by atoms with Crippen LogP contribution in [0, 0.1) is 6.92 Å². The molecule has 2 heterocycles. The Labute approximate surface area is 125 Å². The standard InChI is InChI=1S/C15H14N2OS2/c1-11-8-20-15-16-13(7-14(18)17(11)15)10-19-9-12-5-3-2-4-6-12/h2-8H,9-10H2,1H3. The molecule has 0 aliphatic carbocycles. The number of nitrogens with zero attached hydrogens (tertiary/aromatic N) is 2. The van der Waals surface area contributed by atoms with Crippen molar-refractivity contribution in [1.82, 2.24) is 9.38 Å². The molecule has 0 atom stereocenters. The van der Waals surface area contributed by atoms with Crippen LogP contribution in [0.25, 0.3) is 4.96 Å². The number of benzene rings is 1. The van der Waals surface area contributed by atoms with Crippen LogP contribution < -0.4 is 5.56 Å². The number of thiazole rings is 1. The number of aromatic nitrogens is 2. The van der Waals surface area contributed by atoms with Gasteiger partial charge in [-0.1, -0.05) is 30.3 Å². The van der Waals surface area contributed by atoms with Crippen LogP contribution in [0.5, 0.6) is 0 Å². The summed E-state index contributed by atoms with van der Waals surface area (Å²) in [7, 11) is 0. The minimum absolute atomic E-state index is 0.0176. The third kappa shape index (κ3) is 2.78. The summed E-state index contributed by atoms with van der Waals surface area (Å²) in [5, 5.41) is 1.96. The van der Waals surface area contributed by atoms with E-state index in [1.54, 1.807) is 22.2 Å². The van der Waals surface area contributed by atoms with Gasteiger partial charge < -0.3 is 0 Å². The maximum absolute atomic E-state index is 12.0. The molecule has 102 valence electrons. The van der Waals surface area contributed by atoms with Crippen molar-refractivity contribution in [2.75, 3.05) is 0 Å². The highest BCUT2D eigenvalue weighted by molar-refractivity contribution is 7.97. The van der Waals surface area contributed by atoms with Crippen molar-refractivity contribution in [3.05, 3.63) is 69.1 Å². The van der Waals surface area contributed by atoms with Gasteiger partial charge in [0, 0.05) is 28.6 Å². The molecule has 0 saturated carbocycles. The largest absolute Gasteiger partial charge is 0.269 e. The van der Waals surface area contributed by atoms with Crippen molar-refractivity contribution in [2.24, 2.45) is 0 Å². The van der Waals surface area contributed by atoms with Gasteiger partial charge in [-0.25, -0.2) is 4.98 Å². The van der Waals surface area contributed by atoms with Gasteiger partial charge in [0.05, 0.1) is 5.69 Å². The fourth-order valence-electron chi connectivity index (χ4n) is 2.02. The van der Waals surface area contributed by atoms with E-state index in [0.29, 0.717) is 0 Å². The van der Waals surface area contributed by atoms with Crippen molar-refractivity contribution in [3.63, 3.8) is 0 Å². The molecule has 3 aromatic rings. The van der Waals surface area contributed by atoms with E-state index < -0.39 is 0 Å². The van der Waals surface area contributed by atoms with Crippen molar-refractivity contribution >= 4 is 28.1 Å². The highest BCUT2D eigenvalue weighted by Gasteiger charge is 2.06. The van der Waals surface area contributed by atoms with E-state index in [9.17, 15) is 4.79 Å². The molecule has 0 unspecified atom stereocenters. The van der Waals surface area contributed by atoms with Crippen LogP contribution in [0.3, 0.4) is 0 Å². The van der Waals surface area contributed by atoms with Crippen LogP contribution in [0.15, 0.2) is 46.6 Å². The number of aryl methyl sites for hydroxylation is 1. The van der Waals surface area contributed by atoms with Gasteiger partial charge in [-0.2, -0.15) is 11.8 Å². The van der Waals surface area contributed by atoms with Crippen LogP contribution in [0.4, 0.5) is 0 Å². The smallest absolute Gasteiger partial charge is 0.258 e. The second-order valence-electron chi connectivity index (χ2n) is 4.56. The molecule has 0 amide bonds. The van der Waals surface area contributed by atoms with Crippen molar-refractivity contribution in [1.29, 1.82) is 0 Å². The van der Waals surface area contributed by atoms with Crippen LogP contribution >= 0.6 is 23.1 Å². The summed E-state index contributed by atoms with van der Waals surface area (Å²) in [6, 6.07) is 12.0. The molecule has 1 aromatic carbocycles. The normalized spacial score (nSPS) is 11.1. The Morgan fingerprint density at radius 3 is 2.85 bits per heavy atom. The highest BCUT2D eigenvalue weighted by atomic mass is 32.2. The second-order valence-corrected chi connectivity index (χ2v) is 6.38. The zero-order valence-corrected chi connectivity index (χ0v) is 12.7. The van der Waals surface area contributed by atoms with E-state index in [0.717, 1.165) is 27.9 Å². The second kappa shape index (κ2) is 5.81. The fraction of sp³-hybridized carbons (Fsp3) is 0.200. The molecular weight excluding hydrogens is 288 g/mol. The molecule has 0 aliphatic rings. The zero-order chi connectivity index (χ0) is 13.9. The van der Waals surface area contributed by atoms with E-state index in [1.165, 1.54) is 16.9 Å². The minimum atomic E-state index is 0.0176. The Kier molecular flexibility index (Phi) is 3.89. The summed E-state index contributed by atoms with van der Waals surface area (Å²) in [5.41, 5.74) is 3.12. The molecule has 0 N–H and O–H groups in total. The lowest BCUT2D eigenvalue weighted by Crippen LogP contribution is -2.14. The molecule has 0 fully saturated rings. The summed E-state index contributed by atoms with van der Waals surface area (Å²) in [5.74, 6) is 1.70. The third-order valence-corrected chi connectivity index (χ3v) is 4.97. The van der Waals surface area contributed by atoms with Crippen molar-refractivity contribution in [3.8, 4) is 0 Å². The Bertz CT molecular complexity index is 777. The first kappa shape index (κ1) is 13.4. The summed E-state index contributed by atoms with van der Waals surface area (Å²) < 4.78 is 1.66. The first-order valence-electron chi connectivity index (χ1n) is 6.32. The first-order valence-corrected chi connectivity index (χ1v) is 8.36. The van der Waals surface area contributed by atoms with Crippen LogP contribution in [-0.4, -0.2) is 9.38 Å². The Morgan fingerprint density at radius 2 is 2.05 bits per heavy atom. The van der Waals surface area contributed by atoms with Gasteiger partial charge in [0.15, 0.2) is 4.96 Å². The van der Waals surface area contributed by atoms with Crippen molar-refractivity contribution < 1.29 is 0 Å². The Balaban J connectivity index is 1.73. The molecule has 0 bridgehead atoms. The van der Waals surface area contributed by atoms with Gasteiger partial charge in [0.25, 0.3) is 5.56 Å². The van der Waals surface area contributed by atoms with E-state index in [2.05, 4.69) is 17.1 Å². The molecule has 5 heteroatoms. The predicted molar refractivity (Wildman–Crippen MR) is 85.5 cm³/mol. The quantitative estimate of drug-likeness (QED) is 0.740. The predicted octanol–water partition coefficient (Wildman–Crippen LogP) is 3.50. The number of hydrogen-bond acceptors (Lipinski definition) is 4. The van der Waals surface area contributed by atoms with Crippen LogP contribution in [0.1, 0.15) is 17.0 Å². The maximum Gasteiger partial charge on any atom is 0.258 e. The number of thioether (sulfide) groups is 1. The van der Waals surface area contributed by atoms with E-state index in [-0.39, 0.29) is 5.56 Å². The molecule has 2 aromatic heterocycles. The zero-order valence-electron chi connectivity index (χ0n) is 11.1. The van der Waals surface area contributed by atoms with Gasteiger partial charge >= 0.3 is 0 Å². The lowest BCUT2D eigenvalue weighted by atomic mass is 10.2. The average molecular weight is 302 g/mol. The molecule has 3 rings (SSSR count). The fourth-order valence-corrected chi connectivity index (χ4v) is 3.80. The maximum atomic E-state index is 12.0. The van der Waals surface area contributed by atoms with E-state index >= 15 is 0 Å². The van der Waals surface area contributed by atoms with Gasteiger partial charge in [0.2, 0.25) is 0 Å². The Morgan fingerprint density at radius 1 is 1.25 bits per heavy atom. The highest BCUT2D eigenvalue weighted by Crippen LogP contribution is 2.18. The van der Waals surface area contributed by atoms with Gasteiger partial charge in [-0.05, 0) is 12.5 Å². The number of hydrogen-bond donors (Lipinski definition) is 0. The summed E-state index contributed by atoms with van der Waals surface area (Å²) in [6.07, 6.45) is 0. The van der Waals surface area contributed by atoms with Crippen LogP contribution in [-0.2, 0) is 11.5 Å². The molecule has 0 spiro atoms. The lowest BCUT2D eigenvalue weighted by Gasteiger charge is -2.02. The number of rotatable bonds is 4. The topological polar surface area (TPSA) is 34.4 Å². The van der Waals surface area contributed by atoms with E-state index in [4.69, 9.17) is 0 Å². The molecule has 20 heavy (non-hydrogen) atoms. The average Bonchev–Trinajstić information content (AvgIpc) is 2.82. The van der Waals surface area contributed by atoms with Crippen molar-refractivity contribution in [2.45, 2.75) is 18.4 Å². The van der Waals surface area contributed by atoms with Crippen LogP contribution in [0.2, 0.25) is 0 Å². The lowest BCUT2D eigenvalue weighted by molar-refractivity contribution is 0.997. The molecule has 0 radical (unpaired) electrons. The molecule has 3 nitrogen and oxygen atoms in total.